The Morgan fingerprint density at radius 1 is 1.00 bits per heavy atom. The molecule has 2 unspecified atom stereocenters. The van der Waals surface area contributed by atoms with Gasteiger partial charge < -0.3 is 4.90 Å². The van der Waals surface area contributed by atoms with Crippen molar-refractivity contribution in [2.24, 2.45) is 11.8 Å². The molecule has 84 valence electrons. The van der Waals surface area contributed by atoms with Gasteiger partial charge in [0.2, 0.25) is 0 Å². The molecule has 2 rings (SSSR count). The normalized spacial score (nSPS) is 33.5. The molecule has 0 aromatic carbocycles. The average Bonchev–Trinajstić information content (AvgIpc) is 2.31. The topological polar surface area (TPSA) is 27.0 Å². The second-order valence-electron chi connectivity index (χ2n) is 5.14. The summed E-state index contributed by atoms with van der Waals surface area (Å²) in [5.74, 6) is 1.02. The third kappa shape index (κ3) is 2.95. The molecule has 0 radical (unpaired) electrons. The fraction of sp³-hybridized carbons (Fsp3) is 0.923. The van der Waals surface area contributed by atoms with Crippen molar-refractivity contribution >= 4 is 0 Å². The van der Waals surface area contributed by atoms with Gasteiger partial charge in [0.05, 0.1) is 12.0 Å². The molecule has 2 heteroatoms. The van der Waals surface area contributed by atoms with Gasteiger partial charge in [-0.2, -0.15) is 5.26 Å². The van der Waals surface area contributed by atoms with E-state index in [0.29, 0.717) is 11.8 Å². The molecule has 1 heterocycles. The van der Waals surface area contributed by atoms with E-state index in [1.165, 1.54) is 58.2 Å². The number of hydrogen-bond acceptors (Lipinski definition) is 2. The SMILES string of the molecule is N#CC1CCCCC1CN1CCCCC1. The Hall–Kier alpha value is -0.550. The van der Waals surface area contributed by atoms with E-state index >= 15 is 0 Å². The van der Waals surface area contributed by atoms with Crippen LogP contribution in [0.2, 0.25) is 0 Å². The van der Waals surface area contributed by atoms with Gasteiger partial charge in [-0.15, -0.1) is 0 Å². The van der Waals surface area contributed by atoms with Gasteiger partial charge in [-0.1, -0.05) is 19.3 Å². The fourth-order valence-electron chi connectivity index (χ4n) is 3.07. The first-order valence-corrected chi connectivity index (χ1v) is 6.52. The smallest absolute Gasteiger partial charge is 0.0659 e. The summed E-state index contributed by atoms with van der Waals surface area (Å²) in [5, 5.41) is 9.12. The molecule has 0 spiro atoms. The van der Waals surface area contributed by atoms with Crippen LogP contribution in [-0.2, 0) is 0 Å². The van der Waals surface area contributed by atoms with Crippen molar-refractivity contribution in [1.82, 2.24) is 4.90 Å². The monoisotopic (exact) mass is 206 g/mol. The lowest BCUT2D eigenvalue weighted by Crippen LogP contribution is -2.37. The summed E-state index contributed by atoms with van der Waals surface area (Å²) in [6.45, 7) is 3.74. The van der Waals surface area contributed by atoms with Gasteiger partial charge in [0.25, 0.3) is 0 Å². The first-order valence-electron chi connectivity index (χ1n) is 6.52. The Balaban J connectivity index is 1.83. The van der Waals surface area contributed by atoms with Gasteiger partial charge in [-0.05, 0) is 44.7 Å². The zero-order chi connectivity index (χ0) is 10.5. The van der Waals surface area contributed by atoms with Crippen LogP contribution in [0.15, 0.2) is 0 Å². The van der Waals surface area contributed by atoms with Crippen molar-refractivity contribution in [3.8, 4) is 6.07 Å². The molecule has 2 atom stereocenters. The lowest BCUT2D eigenvalue weighted by atomic mass is 9.79. The number of likely N-dealkylation sites (tertiary alicyclic amines) is 1. The van der Waals surface area contributed by atoms with E-state index in [-0.39, 0.29) is 0 Å². The first kappa shape index (κ1) is 11.0. The van der Waals surface area contributed by atoms with Gasteiger partial charge >= 0.3 is 0 Å². The summed E-state index contributed by atoms with van der Waals surface area (Å²) in [7, 11) is 0. The molecule has 0 N–H and O–H groups in total. The zero-order valence-corrected chi connectivity index (χ0v) is 9.62. The van der Waals surface area contributed by atoms with E-state index in [9.17, 15) is 0 Å². The molecule has 0 aromatic rings. The Morgan fingerprint density at radius 2 is 1.73 bits per heavy atom. The highest BCUT2D eigenvalue weighted by molar-refractivity contribution is 4.92. The maximum atomic E-state index is 9.12. The van der Waals surface area contributed by atoms with Crippen LogP contribution in [0.1, 0.15) is 44.9 Å². The molecule has 0 aromatic heterocycles. The van der Waals surface area contributed by atoms with Crippen molar-refractivity contribution in [3.63, 3.8) is 0 Å². The summed E-state index contributed by atoms with van der Waals surface area (Å²) >= 11 is 0. The highest BCUT2D eigenvalue weighted by Gasteiger charge is 2.26. The number of nitriles is 1. The Labute approximate surface area is 93.3 Å². The van der Waals surface area contributed by atoms with E-state index in [2.05, 4.69) is 11.0 Å². The van der Waals surface area contributed by atoms with Gasteiger partial charge in [0, 0.05) is 6.54 Å². The third-order valence-electron chi connectivity index (χ3n) is 4.02. The van der Waals surface area contributed by atoms with E-state index in [0.717, 1.165) is 6.42 Å². The molecule has 2 fully saturated rings. The van der Waals surface area contributed by atoms with Gasteiger partial charge in [0.1, 0.15) is 0 Å². The van der Waals surface area contributed by atoms with Crippen molar-refractivity contribution in [2.45, 2.75) is 44.9 Å². The number of piperidine rings is 1. The maximum Gasteiger partial charge on any atom is 0.0659 e. The molecule has 1 aliphatic heterocycles. The second kappa shape index (κ2) is 5.51. The van der Waals surface area contributed by atoms with Crippen molar-refractivity contribution in [2.75, 3.05) is 19.6 Å². The summed E-state index contributed by atoms with van der Waals surface area (Å²) in [6, 6.07) is 2.52. The predicted molar refractivity (Wildman–Crippen MR) is 61.4 cm³/mol. The third-order valence-corrected chi connectivity index (χ3v) is 4.02. The van der Waals surface area contributed by atoms with Crippen molar-refractivity contribution < 1.29 is 0 Å². The number of rotatable bonds is 2. The minimum Gasteiger partial charge on any atom is -0.303 e. The highest BCUT2D eigenvalue weighted by atomic mass is 15.1. The lowest BCUT2D eigenvalue weighted by molar-refractivity contribution is 0.154. The molecule has 1 saturated carbocycles. The Bertz CT molecular complexity index is 225. The minimum absolute atomic E-state index is 0.348. The van der Waals surface area contributed by atoms with Crippen molar-refractivity contribution in [1.29, 1.82) is 5.26 Å². The van der Waals surface area contributed by atoms with E-state index in [4.69, 9.17) is 5.26 Å². The molecule has 2 aliphatic rings. The van der Waals surface area contributed by atoms with E-state index in [1.807, 2.05) is 0 Å². The fourth-order valence-corrected chi connectivity index (χ4v) is 3.07. The van der Waals surface area contributed by atoms with Crippen LogP contribution in [0.5, 0.6) is 0 Å². The Morgan fingerprint density at radius 3 is 2.47 bits per heavy atom. The van der Waals surface area contributed by atoms with Crippen LogP contribution in [0.25, 0.3) is 0 Å². The van der Waals surface area contributed by atoms with E-state index in [1.54, 1.807) is 0 Å². The largest absolute Gasteiger partial charge is 0.303 e. The molecule has 2 nitrogen and oxygen atoms in total. The lowest BCUT2D eigenvalue weighted by Gasteiger charge is -2.34. The number of hydrogen-bond donors (Lipinski definition) is 0. The van der Waals surface area contributed by atoms with Crippen LogP contribution >= 0.6 is 0 Å². The summed E-state index contributed by atoms with van der Waals surface area (Å²) in [5.41, 5.74) is 0. The number of nitrogens with zero attached hydrogens (tertiary/aromatic N) is 2. The van der Waals surface area contributed by atoms with Crippen LogP contribution in [0.4, 0.5) is 0 Å². The summed E-state index contributed by atoms with van der Waals surface area (Å²) in [4.78, 5) is 2.59. The molecule has 0 bridgehead atoms. The molecule has 1 saturated heterocycles. The molecule has 0 amide bonds. The molecular weight excluding hydrogens is 184 g/mol. The maximum absolute atomic E-state index is 9.12. The minimum atomic E-state index is 0.348. The zero-order valence-electron chi connectivity index (χ0n) is 9.62. The predicted octanol–water partition coefficient (Wildman–Crippen LogP) is 2.80. The second-order valence-corrected chi connectivity index (χ2v) is 5.14. The van der Waals surface area contributed by atoms with Crippen LogP contribution in [0.3, 0.4) is 0 Å². The highest BCUT2D eigenvalue weighted by Crippen LogP contribution is 2.30. The molecule has 1 aliphatic carbocycles. The van der Waals surface area contributed by atoms with Crippen LogP contribution < -0.4 is 0 Å². The van der Waals surface area contributed by atoms with Gasteiger partial charge in [0.15, 0.2) is 0 Å². The summed E-state index contributed by atoms with van der Waals surface area (Å²) in [6.07, 6.45) is 9.19. The van der Waals surface area contributed by atoms with Gasteiger partial charge in [-0.3, -0.25) is 0 Å². The Kier molecular flexibility index (Phi) is 4.02. The van der Waals surface area contributed by atoms with Crippen molar-refractivity contribution in [3.05, 3.63) is 0 Å². The van der Waals surface area contributed by atoms with E-state index < -0.39 is 0 Å². The first-order chi connectivity index (χ1) is 7.40. The quantitative estimate of drug-likeness (QED) is 0.694. The molecular formula is C13H22N2. The summed E-state index contributed by atoms with van der Waals surface area (Å²) < 4.78 is 0. The standard InChI is InChI=1S/C13H22N2/c14-10-12-6-2-3-7-13(12)11-15-8-4-1-5-9-15/h12-13H,1-9,11H2. The van der Waals surface area contributed by atoms with Crippen LogP contribution in [0, 0.1) is 23.2 Å². The van der Waals surface area contributed by atoms with Crippen LogP contribution in [-0.4, -0.2) is 24.5 Å². The average molecular weight is 206 g/mol. The van der Waals surface area contributed by atoms with Gasteiger partial charge in [-0.25, -0.2) is 0 Å². The molecule has 15 heavy (non-hydrogen) atoms.